The summed E-state index contributed by atoms with van der Waals surface area (Å²) in [5.41, 5.74) is 2.42. The average Bonchev–Trinajstić information content (AvgIpc) is 2.63. The summed E-state index contributed by atoms with van der Waals surface area (Å²) in [6, 6.07) is 8.26. The highest BCUT2D eigenvalue weighted by molar-refractivity contribution is 5.85. The molecule has 1 atom stereocenters. The summed E-state index contributed by atoms with van der Waals surface area (Å²) in [7, 11) is 1.63. The largest absolute Gasteiger partial charge is 0.481 e. The number of hydrogen-bond donors (Lipinski definition) is 1. The molecule has 1 aliphatic heterocycles. The van der Waals surface area contributed by atoms with Gasteiger partial charge in [0.05, 0.1) is 12.5 Å². The van der Waals surface area contributed by atoms with Crippen LogP contribution in [0.4, 0.5) is 0 Å². The minimum atomic E-state index is -0.858. The van der Waals surface area contributed by atoms with Crippen molar-refractivity contribution >= 4 is 17.8 Å². The molecule has 1 aromatic rings. The van der Waals surface area contributed by atoms with Gasteiger partial charge >= 0.3 is 5.97 Å². The molecule has 0 bridgehead atoms. The Morgan fingerprint density at radius 1 is 1.23 bits per heavy atom. The number of aryl methyl sites for hydroxylation is 2. The molecular weight excluding hydrogens is 332 g/mol. The van der Waals surface area contributed by atoms with E-state index in [1.165, 1.54) is 16.0 Å². The zero-order valence-electron chi connectivity index (χ0n) is 15.6. The lowest BCUT2D eigenvalue weighted by molar-refractivity contribution is -0.147. The minimum Gasteiger partial charge on any atom is -0.481 e. The van der Waals surface area contributed by atoms with E-state index in [0.29, 0.717) is 25.8 Å². The Kier molecular flexibility index (Phi) is 7.18. The van der Waals surface area contributed by atoms with Crippen LogP contribution in [-0.2, 0) is 20.8 Å². The van der Waals surface area contributed by atoms with Gasteiger partial charge in [-0.05, 0) is 38.2 Å². The third-order valence-corrected chi connectivity index (χ3v) is 4.90. The fourth-order valence-electron chi connectivity index (χ4n) is 3.19. The molecule has 1 saturated heterocycles. The van der Waals surface area contributed by atoms with Crippen LogP contribution in [0.25, 0.3) is 0 Å². The highest BCUT2D eigenvalue weighted by atomic mass is 16.4. The molecule has 0 aliphatic carbocycles. The van der Waals surface area contributed by atoms with Gasteiger partial charge in [-0.3, -0.25) is 14.4 Å². The van der Waals surface area contributed by atoms with Crippen LogP contribution < -0.4 is 0 Å². The maximum Gasteiger partial charge on any atom is 0.308 e. The molecule has 1 aliphatic rings. The van der Waals surface area contributed by atoms with Crippen molar-refractivity contribution in [2.24, 2.45) is 5.92 Å². The molecule has 142 valence electrons. The number of nitrogens with zero attached hydrogens (tertiary/aromatic N) is 2. The van der Waals surface area contributed by atoms with Crippen molar-refractivity contribution in [3.05, 3.63) is 35.4 Å². The topological polar surface area (TPSA) is 77.9 Å². The Hall–Kier alpha value is -2.37. The number of likely N-dealkylation sites (N-methyl/N-ethyl adjacent to an activating group) is 1. The van der Waals surface area contributed by atoms with E-state index in [0.717, 1.165) is 12.8 Å². The highest BCUT2D eigenvalue weighted by Gasteiger charge is 2.28. The number of piperidine rings is 1. The zero-order chi connectivity index (χ0) is 19.1. The van der Waals surface area contributed by atoms with Gasteiger partial charge in [-0.2, -0.15) is 0 Å². The van der Waals surface area contributed by atoms with Crippen molar-refractivity contribution in [2.45, 2.75) is 39.0 Å². The van der Waals surface area contributed by atoms with Crippen molar-refractivity contribution in [1.82, 2.24) is 9.80 Å². The number of rotatable bonds is 7. The molecule has 1 heterocycles. The average molecular weight is 360 g/mol. The second-order valence-electron chi connectivity index (χ2n) is 7.11. The van der Waals surface area contributed by atoms with Crippen LogP contribution >= 0.6 is 0 Å². The number of carboxylic acid groups (broad SMARTS) is 1. The Morgan fingerprint density at radius 2 is 1.92 bits per heavy atom. The third kappa shape index (κ3) is 5.86. The van der Waals surface area contributed by atoms with Gasteiger partial charge in [0.15, 0.2) is 0 Å². The number of amides is 2. The fourth-order valence-corrected chi connectivity index (χ4v) is 3.19. The van der Waals surface area contributed by atoms with E-state index in [4.69, 9.17) is 5.11 Å². The van der Waals surface area contributed by atoms with Gasteiger partial charge in [-0.25, -0.2) is 0 Å². The Morgan fingerprint density at radius 3 is 2.58 bits per heavy atom. The van der Waals surface area contributed by atoms with Gasteiger partial charge < -0.3 is 14.9 Å². The van der Waals surface area contributed by atoms with Gasteiger partial charge in [0.25, 0.3) is 0 Å². The molecule has 0 aromatic heterocycles. The summed E-state index contributed by atoms with van der Waals surface area (Å²) in [4.78, 5) is 38.7. The van der Waals surface area contributed by atoms with Crippen LogP contribution in [0, 0.1) is 12.8 Å². The molecular formula is C20H28N2O4. The summed E-state index contributed by atoms with van der Waals surface area (Å²) >= 11 is 0. The normalized spacial score (nSPS) is 17.0. The second-order valence-corrected chi connectivity index (χ2v) is 7.11. The number of carbonyl (C=O) groups is 3. The first-order chi connectivity index (χ1) is 12.4. The standard InChI is InChI=1S/C20H28N2O4/c1-15-8-10-16(11-9-15)5-3-7-18(23)21(2)14-19(24)22-12-4-6-17(13-22)20(25)26/h8-11,17H,3-7,12-14H2,1-2H3,(H,25,26). The molecule has 1 aromatic carbocycles. The van der Waals surface area contributed by atoms with E-state index in [9.17, 15) is 14.4 Å². The number of likely N-dealkylation sites (tertiary alicyclic amines) is 1. The van der Waals surface area contributed by atoms with Crippen molar-refractivity contribution in [1.29, 1.82) is 0 Å². The smallest absolute Gasteiger partial charge is 0.308 e. The summed E-state index contributed by atoms with van der Waals surface area (Å²) in [6.07, 6.45) is 3.27. The van der Waals surface area contributed by atoms with E-state index in [1.54, 1.807) is 11.9 Å². The quantitative estimate of drug-likeness (QED) is 0.808. The monoisotopic (exact) mass is 360 g/mol. The Labute approximate surface area is 154 Å². The van der Waals surface area contributed by atoms with Crippen LogP contribution in [0.5, 0.6) is 0 Å². The number of hydrogen-bond acceptors (Lipinski definition) is 3. The summed E-state index contributed by atoms with van der Waals surface area (Å²) in [6.45, 7) is 2.86. The van der Waals surface area contributed by atoms with E-state index >= 15 is 0 Å². The van der Waals surface area contributed by atoms with Crippen molar-refractivity contribution in [3.63, 3.8) is 0 Å². The predicted molar refractivity (Wildman–Crippen MR) is 98.7 cm³/mol. The number of benzene rings is 1. The van der Waals surface area contributed by atoms with Crippen molar-refractivity contribution in [2.75, 3.05) is 26.7 Å². The minimum absolute atomic E-state index is 0.00963. The Balaban J connectivity index is 1.74. The SMILES string of the molecule is Cc1ccc(CCCC(=O)N(C)CC(=O)N2CCCC(C(=O)O)C2)cc1. The van der Waals surface area contributed by atoms with Gasteiger partial charge in [0, 0.05) is 26.6 Å². The number of aliphatic carboxylic acids is 1. The van der Waals surface area contributed by atoms with Gasteiger partial charge in [-0.1, -0.05) is 29.8 Å². The maximum absolute atomic E-state index is 12.3. The molecule has 6 nitrogen and oxygen atoms in total. The molecule has 0 spiro atoms. The molecule has 1 unspecified atom stereocenters. The molecule has 2 rings (SSSR count). The molecule has 2 amide bonds. The van der Waals surface area contributed by atoms with Crippen LogP contribution in [0.2, 0.25) is 0 Å². The van der Waals surface area contributed by atoms with Gasteiger partial charge in [0.1, 0.15) is 0 Å². The van der Waals surface area contributed by atoms with E-state index in [1.807, 2.05) is 6.92 Å². The third-order valence-electron chi connectivity index (χ3n) is 4.90. The van der Waals surface area contributed by atoms with Crippen molar-refractivity contribution < 1.29 is 19.5 Å². The predicted octanol–water partition coefficient (Wildman–Crippen LogP) is 2.10. The lowest BCUT2D eigenvalue weighted by Crippen LogP contribution is -2.46. The Bertz CT molecular complexity index is 642. The van der Waals surface area contributed by atoms with Gasteiger partial charge in [0.2, 0.25) is 11.8 Å². The van der Waals surface area contributed by atoms with Crippen molar-refractivity contribution in [3.8, 4) is 0 Å². The number of carboxylic acids is 1. The molecule has 1 N–H and O–H groups in total. The fraction of sp³-hybridized carbons (Fsp3) is 0.550. The lowest BCUT2D eigenvalue weighted by atomic mass is 9.98. The van der Waals surface area contributed by atoms with Crippen LogP contribution in [0.15, 0.2) is 24.3 Å². The van der Waals surface area contributed by atoms with Crippen LogP contribution in [-0.4, -0.2) is 59.4 Å². The molecule has 1 fully saturated rings. The number of carbonyl (C=O) groups excluding carboxylic acids is 2. The molecule has 26 heavy (non-hydrogen) atoms. The van der Waals surface area contributed by atoms with E-state index in [2.05, 4.69) is 24.3 Å². The maximum atomic E-state index is 12.3. The van der Waals surface area contributed by atoms with Crippen LogP contribution in [0.3, 0.4) is 0 Å². The van der Waals surface area contributed by atoms with E-state index < -0.39 is 11.9 Å². The van der Waals surface area contributed by atoms with Gasteiger partial charge in [-0.15, -0.1) is 0 Å². The molecule has 0 radical (unpaired) electrons. The first-order valence-electron chi connectivity index (χ1n) is 9.17. The lowest BCUT2D eigenvalue weighted by Gasteiger charge is -2.32. The highest BCUT2D eigenvalue weighted by Crippen LogP contribution is 2.17. The first kappa shape index (κ1) is 19.9. The molecule has 6 heteroatoms. The summed E-state index contributed by atoms with van der Waals surface area (Å²) in [5.74, 6) is -1.59. The molecule has 0 saturated carbocycles. The second kappa shape index (κ2) is 9.36. The van der Waals surface area contributed by atoms with Crippen LogP contribution in [0.1, 0.15) is 36.8 Å². The first-order valence-corrected chi connectivity index (χ1v) is 9.17. The summed E-state index contributed by atoms with van der Waals surface area (Å²) < 4.78 is 0. The zero-order valence-corrected chi connectivity index (χ0v) is 15.6. The summed E-state index contributed by atoms with van der Waals surface area (Å²) in [5, 5.41) is 9.11. The van der Waals surface area contributed by atoms with E-state index in [-0.39, 0.29) is 24.9 Å².